The van der Waals surface area contributed by atoms with E-state index >= 15 is 0 Å². The Hall–Kier alpha value is -2.15. The molecule has 2 heterocycles. The molecule has 0 aliphatic carbocycles. The Kier molecular flexibility index (Phi) is 4.74. The van der Waals surface area contributed by atoms with Crippen LogP contribution in [-0.4, -0.2) is 16.8 Å². The molecule has 2 rings (SSSR count). The molecule has 0 saturated heterocycles. The summed E-state index contributed by atoms with van der Waals surface area (Å²) < 4.78 is 5.60. The fraction of sp³-hybridized carbons (Fsp3) is 0.357. The minimum absolute atomic E-state index is 0.0679. The van der Waals surface area contributed by atoms with Crippen LogP contribution in [0.15, 0.2) is 21.9 Å². The van der Waals surface area contributed by atoms with Gasteiger partial charge in [0.25, 0.3) is 0 Å². The van der Waals surface area contributed by atoms with Gasteiger partial charge in [0.1, 0.15) is 11.5 Å². The van der Waals surface area contributed by atoms with E-state index in [9.17, 15) is 9.59 Å². The first-order valence-corrected chi connectivity index (χ1v) is 7.43. The third-order valence-corrected chi connectivity index (χ3v) is 3.44. The van der Waals surface area contributed by atoms with E-state index in [1.54, 1.807) is 12.1 Å². The number of hydrogen-bond acceptors (Lipinski definition) is 5. The molecule has 0 bridgehead atoms. The Morgan fingerprint density at radius 3 is 2.81 bits per heavy atom. The number of anilines is 1. The third kappa shape index (κ3) is 4.16. The molecule has 7 heteroatoms. The van der Waals surface area contributed by atoms with E-state index in [-0.39, 0.29) is 17.7 Å². The second kappa shape index (κ2) is 6.53. The van der Waals surface area contributed by atoms with Crippen molar-refractivity contribution >= 4 is 28.3 Å². The molecule has 0 fully saturated rings. The van der Waals surface area contributed by atoms with Crippen LogP contribution in [0.2, 0.25) is 0 Å². The van der Waals surface area contributed by atoms with Gasteiger partial charge in [-0.15, -0.1) is 11.3 Å². The maximum atomic E-state index is 11.6. The van der Waals surface area contributed by atoms with Gasteiger partial charge in [-0.3, -0.25) is 9.59 Å². The van der Waals surface area contributed by atoms with E-state index in [1.165, 1.54) is 18.3 Å². The first-order valence-electron chi connectivity index (χ1n) is 6.55. The highest BCUT2D eigenvalue weighted by molar-refractivity contribution is 7.14. The number of hydrogen-bond donors (Lipinski definition) is 2. The predicted molar refractivity (Wildman–Crippen MR) is 80.8 cm³/mol. The van der Waals surface area contributed by atoms with Crippen LogP contribution in [0, 0.1) is 5.92 Å². The van der Waals surface area contributed by atoms with Gasteiger partial charge in [0, 0.05) is 18.2 Å². The molecule has 0 atom stereocenters. The molecule has 0 spiro atoms. The summed E-state index contributed by atoms with van der Waals surface area (Å²) in [6, 6.07) is 3.58. The third-order valence-electron chi connectivity index (χ3n) is 2.68. The fourth-order valence-electron chi connectivity index (χ4n) is 1.52. The molecule has 0 aromatic carbocycles. The van der Waals surface area contributed by atoms with Crippen molar-refractivity contribution in [1.82, 2.24) is 10.3 Å². The highest BCUT2D eigenvalue weighted by Crippen LogP contribution is 2.26. The molecule has 0 aliphatic heterocycles. The van der Waals surface area contributed by atoms with Crippen LogP contribution in [0.4, 0.5) is 5.13 Å². The minimum atomic E-state index is -0.111. The van der Waals surface area contributed by atoms with Crippen LogP contribution in [0.3, 0.4) is 0 Å². The summed E-state index contributed by atoms with van der Waals surface area (Å²) in [5.41, 5.74) is 0.660. The van der Waals surface area contributed by atoms with Crippen LogP contribution in [-0.2, 0) is 16.1 Å². The molecular formula is C14H17N3O3S. The molecule has 112 valence electrons. The van der Waals surface area contributed by atoms with Gasteiger partial charge in [-0.1, -0.05) is 13.8 Å². The van der Waals surface area contributed by atoms with Crippen LogP contribution >= 0.6 is 11.3 Å². The van der Waals surface area contributed by atoms with Gasteiger partial charge >= 0.3 is 0 Å². The number of nitrogens with one attached hydrogen (secondary N) is 2. The Labute approximate surface area is 126 Å². The summed E-state index contributed by atoms with van der Waals surface area (Å²) >= 11 is 1.34. The van der Waals surface area contributed by atoms with E-state index in [0.29, 0.717) is 28.9 Å². The average molecular weight is 307 g/mol. The fourth-order valence-corrected chi connectivity index (χ4v) is 2.22. The van der Waals surface area contributed by atoms with Gasteiger partial charge in [0.2, 0.25) is 11.8 Å². The van der Waals surface area contributed by atoms with E-state index < -0.39 is 0 Å². The maximum Gasteiger partial charge on any atom is 0.228 e. The van der Waals surface area contributed by atoms with Crippen molar-refractivity contribution in [2.24, 2.45) is 5.92 Å². The van der Waals surface area contributed by atoms with Crippen molar-refractivity contribution in [3.05, 3.63) is 23.3 Å². The van der Waals surface area contributed by atoms with E-state index in [4.69, 9.17) is 4.42 Å². The summed E-state index contributed by atoms with van der Waals surface area (Å²) in [6.45, 7) is 5.44. The van der Waals surface area contributed by atoms with Crippen LogP contribution in [0.1, 0.15) is 26.5 Å². The number of rotatable bonds is 5. The molecule has 0 saturated carbocycles. The zero-order chi connectivity index (χ0) is 15.4. The molecule has 2 aromatic heterocycles. The lowest BCUT2D eigenvalue weighted by molar-refractivity contribution is -0.119. The number of furan rings is 1. The van der Waals surface area contributed by atoms with E-state index in [2.05, 4.69) is 15.6 Å². The molecule has 6 nitrogen and oxygen atoms in total. The molecule has 21 heavy (non-hydrogen) atoms. The Morgan fingerprint density at radius 1 is 1.38 bits per heavy atom. The standard InChI is InChI=1S/C14H17N3O3S/c1-8(2)13(19)17-14-16-11(7-21-14)12-5-4-10(20-12)6-15-9(3)18/h4-5,7-8H,6H2,1-3H3,(H,15,18)(H,16,17,19). The lowest BCUT2D eigenvalue weighted by atomic mass is 10.2. The average Bonchev–Trinajstić information content (AvgIpc) is 3.04. The zero-order valence-corrected chi connectivity index (χ0v) is 12.9. The SMILES string of the molecule is CC(=O)NCc1ccc(-c2csc(NC(=O)C(C)C)n2)o1. The smallest absolute Gasteiger partial charge is 0.228 e. The van der Waals surface area contributed by atoms with Crippen molar-refractivity contribution < 1.29 is 14.0 Å². The van der Waals surface area contributed by atoms with Gasteiger partial charge in [-0.05, 0) is 12.1 Å². The first kappa shape index (κ1) is 15.2. The van der Waals surface area contributed by atoms with Crippen molar-refractivity contribution in [1.29, 1.82) is 0 Å². The summed E-state index contributed by atoms with van der Waals surface area (Å²) in [4.78, 5) is 26.8. The predicted octanol–water partition coefficient (Wildman–Crippen LogP) is 2.63. The highest BCUT2D eigenvalue weighted by atomic mass is 32.1. The Morgan fingerprint density at radius 2 is 2.14 bits per heavy atom. The van der Waals surface area contributed by atoms with Crippen molar-refractivity contribution in [3.63, 3.8) is 0 Å². The minimum Gasteiger partial charge on any atom is -0.458 e. The van der Waals surface area contributed by atoms with Crippen LogP contribution in [0.5, 0.6) is 0 Å². The molecule has 0 aliphatic rings. The van der Waals surface area contributed by atoms with Gasteiger partial charge in [0.15, 0.2) is 10.9 Å². The molecule has 2 N–H and O–H groups in total. The van der Waals surface area contributed by atoms with Gasteiger partial charge in [0.05, 0.1) is 6.54 Å². The number of aromatic nitrogens is 1. The number of carbonyl (C=O) groups excluding carboxylic acids is 2. The second-order valence-electron chi connectivity index (χ2n) is 4.86. The van der Waals surface area contributed by atoms with Gasteiger partial charge in [-0.25, -0.2) is 4.98 Å². The van der Waals surface area contributed by atoms with Crippen molar-refractivity contribution in [2.45, 2.75) is 27.3 Å². The molecule has 2 amide bonds. The van der Waals surface area contributed by atoms with Gasteiger partial charge < -0.3 is 15.1 Å². The topological polar surface area (TPSA) is 84.2 Å². The molecule has 0 radical (unpaired) electrons. The maximum absolute atomic E-state index is 11.6. The largest absolute Gasteiger partial charge is 0.458 e. The Bertz CT molecular complexity index is 645. The lowest BCUT2D eigenvalue weighted by Crippen LogP contribution is -2.18. The van der Waals surface area contributed by atoms with Crippen molar-refractivity contribution in [2.75, 3.05) is 5.32 Å². The van der Waals surface area contributed by atoms with Gasteiger partial charge in [-0.2, -0.15) is 0 Å². The summed E-state index contributed by atoms with van der Waals surface area (Å²) in [7, 11) is 0. The summed E-state index contributed by atoms with van der Waals surface area (Å²) in [6.07, 6.45) is 0. The monoisotopic (exact) mass is 307 g/mol. The van der Waals surface area contributed by atoms with Crippen molar-refractivity contribution in [3.8, 4) is 11.5 Å². The summed E-state index contributed by atoms with van der Waals surface area (Å²) in [5.74, 6) is 0.991. The van der Waals surface area contributed by atoms with Crippen LogP contribution in [0.25, 0.3) is 11.5 Å². The lowest BCUT2D eigenvalue weighted by Gasteiger charge is -2.03. The Balaban J connectivity index is 2.04. The highest BCUT2D eigenvalue weighted by Gasteiger charge is 2.12. The molecule has 0 unspecified atom stereocenters. The van der Waals surface area contributed by atoms with E-state index in [1.807, 2.05) is 19.2 Å². The second-order valence-corrected chi connectivity index (χ2v) is 5.72. The number of nitrogens with zero attached hydrogens (tertiary/aromatic N) is 1. The number of thiazole rings is 1. The first-order chi connectivity index (χ1) is 9.95. The molecular weight excluding hydrogens is 290 g/mol. The van der Waals surface area contributed by atoms with Crippen LogP contribution < -0.4 is 10.6 Å². The normalized spacial score (nSPS) is 10.7. The quantitative estimate of drug-likeness (QED) is 0.889. The van der Waals surface area contributed by atoms with E-state index in [0.717, 1.165) is 0 Å². The summed E-state index contributed by atoms with van der Waals surface area (Å²) in [5, 5.41) is 7.77. The zero-order valence-electron chi connectivity index (χ0n) is 12.1. The number of amides is 2. The number of carbonyl (C=O) groups is 2. The molecule has 2 aromatic rings.